The molecule has 2 unspecified atom stereocenters. The number of hydrogen-bond donors (Lipinski definition) is 2. The molecule has 1 aromatic rings. The number of carboxylic acids is 1. The van der Waals surface area contributed by atoms with Crippen LogP contribution in [0, 0.1) is 11.7 Å². The number of piperidine rings is 1. The van der Waals surface area contributed by atoms with Gasteiger partial charge in [-0.2, -0.15) is 0 Å². The predicted molar refractivity (Wildman–Crippen MR) is 77.0 cm³/mol. The second kappa shape index (κ2) is 6.30. The summed E-state index contributed by atoms with van der Waals surface area (Å²) in [5, 5.41) is 11.7. The lowest BCUT2D eigenvalue weighted by Gasteiger charge is -2.35. The van der Waals surface area contributed by atoms with Crippen molar-refractivity contribution in [1.82, 2.24) is 4.90 Å². The zero-order chi connectivity index (χ0) is 15.6. The monoisotopic (exact) mass is 314 g/mol. The van der Waals surface area contributed by atoms with Crippen LogP contribution in [0.15, 0.2) is 18.2 Å². The zero-order valence-electron chi connectivity index (χ0n) is 11.5. The second-order valence-corrected chi connectivity index (χ2v) is 5.64. The highest BCUT2D eigenvalue weighted by Gasteiger charge is 2.34. The van der Waals surface area contributed by atoms with E-state index in [-0.39, 0.29) is 10.9 Å². The van der Waals surface area contributed by atoms with Crippen molar-refractivity contribution in [2.75, 3.05) is 11.9 Å². The first-order valence-corrected chi connectivity index (χ1v) is 7.01. The van der Waals surface area contributed by atoms with Crippen molar-refractivity contribution >= 4 is 29.3 Å². The summed E-state index contributed by atoms with van der Waals surface area (Å²) in [6.07, 6.45) is 1.17. The van der Waals surface area contributed by atoms with Crippen molar-refractivity contribution in [1.29, 1.82) is 0 Å². The van der Waals surface area contributed by atoms with Gasteiger partial charge in [-0.05, 0) is 37.0 Å². The van der Waals surface area contributed by atoms with Crippen LogP contribution in [0.4, 0.5) is 14.9 Å². The number of benzene rings is 1. The Morgan fingerprint density at radius 1 is 1.48 bits per heavy atom. The average molecular weight is 315 g/mol. The molecule has 21 heavy (non-hydrogen) atoms. The Morgan fingerprint density at radius 3 is 2.81 bits per heavy atom. The van der Waals surface area contributed by atoms with Gasteiger partial charge in [-0.25, -0.2) is 14.0 Å². The fourth-order valence-corrected chi connectivity index (χ4v) is 2.57. The minimum absolute atomic E-state index is 0.102. The van der Waals surface area contributed by atoms with E-state index in [4.69, 9.17) is 11.6 Å². The maximum Gasteiger partial charge on any atom is 0.326 e. The second-order valence-electron chi connectivity index (χ2n) is 5.24. The first-order valence-electron chi connectivity index (χ1n) is 6.64. The molecule has 1 aliphatic rings. The molecule has 7 heteroatoms. The first-order chi connectivity index (χ1) is 9.88. The molecule has 1 saturated heterocycles. The number of aliphatic carboxylic acids is 1. The normalized spacial score (nSPS) is 22.0. The van der Waals surface area contributed by atoms with Crippen LogP contribution >= 0.6 is 11.6 Å². The Hall–Kier alpha value is -1.82. The van der Waals surface area contributed by atoms with Crippen LogP contribution in [0.2, 0.25) is 5.02 Å². The molecule has 0 bridgehead atoms. The third kappa shape index (κ3) is 3.64. The number of halogens is 2. The molecule has 2 N–H and O–H groups in total. The molecule has 0 aromatic heterocycles. The van der Waals surface area contributed by atoms with E-state index in [0.29, 0.717) is 18.7 Å². The maximum absolute atomic E-state index is 13.1. The van der Waals surface area contributed by atoms with E-state index in [1.165, 1.54) is 17.0 Å². The highest BCUT2D eigenvalue weighted by molar-refractivity contribution is 6.31. The van der Waals surface area contributed by atoms with Crippen molar-refractivity contribution in [2.24, 2.45) is 5.92 Å². The standard InChI is InChI=1S/C14H16ClFN2O3/c1-8-4-5-18(12(6-8)13(19)20)14(21)17-9-2-3-11(16)10(15)7-9/h2-3,7-8,12H,4-6H2,1H3,(H,17,21)(H,19,20). The number of urea groups is 1. The van der Waals surface area contributed by atoms with Crippen molar-refractivity contribution in [3.05, 3.63) is 29.0 Å². The van der Waals surface area contributed by atoms with Gasteiger partial charge in [-0.3, -0.25) is 0 Å². The molecule has 0 aliphatic carbocycles. The number of amides is 2. The lowest BCUT2D eigenvalue weighted by molar-refractivity contribution is -0.143. The van der Waals surface area contributed by atoms with E-state index in [1.54, 1.807) is 0 Å². The molecule has 0 saturated carbocycles. The Bertz CT molecular complexity index is 567. The minimum Gasteiger partial charge on any atom is -0.480 e. The van der Waals surface area contributed by atoms with Crippen LogP contribution in [-0.2, 0) is 4.79 Å². The summed E-state index contributed by atoms with van der Waals surface area (Å²) in [7, 11) is 0. The average Bonchev–Trinajstić information content (AvgIpc) is 2.42. The van der Waals surface area contributed by atoms with E-state index >= 15 is 0 Å². The van der Waals surface area contributed by atoms with Gasteiger partial charge >= 0.3 is 12.0 Å². The van der Waals surface area contributed by atoms with Crippen molar-refractivity contribution in [3.8, 4) is 0 Å². The van der Waals surface area contributed by atoms with Gasteiger partial charge in [0.2, 0.25) is 0 Å². The van der Waals surface area contributed by atoms with Crippen LogP contribution < -0.4 is 5.32 Å². The number of rotatable bonds is 2. The molecule has 1 aliphatic heterocycles. The van der Waals surface area contributed by atoms with E-state index < -0.39 is 23.9 Å². The number of carboxylic acid groups (broad SMARTS) is 1. The number of nitrogens with zero attached hydrogens (tertiary/aromatic N) is 1. The molecule has 1 fully saturated rings. The van der Waals surface area contributed by atoms with E-state index in [9.17, 15) is 19.1 Å². The van der Waals surface area contributed by atoms with Gasteiger partial charge < -0.3 is 15.3 Å². The highest BCUT2D eigenvalue weighted by Crippen LogP contribution is 2.24. The van der Waals surface area contributed by atoms with Gasteiger partial charge in [0.25, 0.3) is 0 Å². The number of carbonyl (C=O) groups is 2. The molecule has 0 spiro atoms. The number of carbonyl (C=O) groups excluding carboxylic acids is 1. The minimum atomic E-state index is -1.02. The molecule has 1 heterocycles. The van der Waals surface area contributed by atoms with Crippen LogP contribution in [0.3, 0.4) is 0 Å². The van der Waals surface area contributed by atoms with E-state index in [0.717, 1.165) is 12.5 Å². The summed E-state index contributed by atoms with van der Waals surface area (Å²) in [5.74, 6) is -1.34. The Labute approximate surface area is 126 Å². The fraction of sp³-hybridized carbons (Fsp3) is 0.429. The molecule has 0 radical (unpaired) electrons. The molecule has 5 nitrogen and oxygen atoms in total. The van der Waals surface area contributed by atoms with E-state index in [2.05, 4.69) is 5.32 Å². The molecule has 114 valence electrons. The van der Waals surface area contributed by atoms with Crippen LogP contribution in [0.1, 0.15) is 19.8 Å². The van der Waals surface area contributed by atoms with Crippen LogP contribution in [0.5, 0.6) is 0 Å². The van der Waals surface area contributed by atoms with Gasteiger partial charge in [0.1, 0.15) is 11.9 Å². The van der Waals surface area contributed by atoms with Crippen molar-refractivity contribution in [2.45, 2.75) is 25.8 Å². The molecule has 2 amide bonds. The Balaban J connectivity index is 2.10. The summed E-state index contributed by atoms with van der Waals surface area (Å²) in [6, 6.07) is 2.45. The molecular weight excluding hydrogens is 299 g/mol. The number of anilines is 1. The quantitative estimate of drug-likeness (QED) is 0.880. The number of nitrogens with one attached hydrogen (secondary N) is 1. The van der Waals surface area contributed by atoms with E-state index in [1.807, 2.05) is 6.92 Å². The van der Waals surface area contributed by atoms with Crippen LogP contribution in [0.25, 0.3) is 0 Å². The molecule has 2 atom stereocenters. The summed E-state index contributed by atoms with van der Waals surface area (Å²) in [6.45, 7) is 2.34. The molecule has 2 rings (SSSR count). The summed E-state index contributed by atoms with van der Waals surface area (Å²) >= 11 is 5.65. The lowest BCUT2D eigenvalue weighted by Crippen LogP contribution is -2.51. The zero-order valence-corrected chi connectivity index (χ0v) is 12.2. The lowest BCUT2D eigenvalue weighted by atomic mass is 9.93. The maximum atomic E-state index is 13.1. The van der Waals surface area contributed by atoms with Crippen LogP contribution in [-0.4, -0.2) is 34.6 Å². The third-order valence-corrected chi connectivity index (χ3v) is 3.87. The topological polar surface area (TPSA) is 69.6 Å². The molecule has 1 aromatic carbocycles. The first kappa shape index (κ1) is 15.6. The SMILES string of the molecule is CC1CCN(C(=O)Nc2ccc(F)c(Cl)c2)C(C(=O)O)C1. The third-order valence-electron chi connectivity index (χ3n) is 3.58. The highest BCUT2D eigenvalue weighted by atomic mass is 35.5. The van der Waals surface area contributed by atoms with Crippen molar-refractivity contribution in [3.63, 3.8) is 0 Å². The fourth-order valence-electron chi connectivity index (χ4n) is 2.39. The van der Waals surface area contributed by atoms with Gasteiger partial charge in [0, 0.05) is 12.2 Å². The van der Waals surface area contributed by atoms with Crippen molar-refractivity contribution < 1.29 is 19.1 Å². The Kier molecular flexibility index (Phi) is 4.67. The van der Waals surface area contributed by atoms with Gasteiger partial charge in [-0.1, -0.05) is 18.5 Å². The van der Waals surface area contributed by atoms with Gasteiger partial charge in [0.15, 0.2) is 0 Å². The van der Waals surface area contributed by atoms with Gasteiger partial charge in [-0.15, -0.1) is 0 Å². The Morgan fingerprint density at radius 2 is 2.19 bits per heavy atom. The number of hydrogen-bond acceptors (Lipinski definition) is 2. The summed E-state index contributed by atoms with van der Waals surface area (Å²) < 4.78 is 13.1. The summed E-state index contributed by atoms with van der Waals surface area (Å²) in [5.41, 5.74) is 0.328. The number of likely N-dealkylation sites (tertiary alicyclic amines) is 1. The predicted octanol–water partition coefficient (Wildman–Crippen LogP) is 3.20. The largest absolute Gasteiger partial charge is 0.480 e. The smallest absolute Gasteiger partial charge is 0.326 e. The van der Waals surface area contributed by atoms with Gasteiger partial charge in [0.05, 0.1) is 5.02 Å². The summed E-state index contributed by atoms with van der Waals surface area (Å²) in [4.78, 5) is 24.8. The molecular formula is C14H16ClFN2O3.